The van der Waals surface area contributed by atoms with E-state index in [4.69, 9.17) is 4.74 Å². The zero-order chi connectivity index (χ0) is 12.8. The summed E-state index contributed by atoms with van der Waals surface area (Å²) in [5, 5.41) is 4.57. The van der Waals surface area contributed by atoms with Crippen LogP contribution in [0.5, 0.6) is 0 Å². The van der Waals surface area contributed by atoms with E-state index in [0.717, 1.165) is 41.5 Å². The van der Waals surface area contributed by atoms with Crippen molar-refractivity contribution in [2.24, 2.45) is 0 Å². The maximum atomic E-state index is 5.02. The third-order valence-corrected chi connectivity index (χ3v) is 3.51. The number of benzene rings is 1. The molecular weight excluding hydrogens is 292 g/mol. The lowest BCUT2D eigenvalue weighted by atomic mass is 10.1. The predicted molar refractivity (Wildman–Crippen MR) is 77.6 cm³/mol. The number of nitrogens with zero attached hydrogens (tertiary/aromatic N) is 1. The largest absolute Gasteiger partial charge is 0.385 e. The Hall–Kier alpha value is -0.970. The van der Waals surface area contributed by atoms with Crippen molar-refractivity contribution in [3.8, 4) is 0 Å². The van der Waals surface area contributed by atoms with E-state index in [1.807, 2.05) is 12.3 Å². The second-order valence-corrected chi connectivity index (χ2v) is 4.98. The molecule has 0 aliphatic heterocycles. The van der Waals surface area contributed by atoms with Gasteiger partial charge in [-0.05, 0) is 30.7 Å². The molecule has 0 spiro atoms. The number of methoxy groups -OCH3 is 1. The highest BCUT2D eigenvalue weighted by Gasteiger charge is 2.04. The van der Waals surface area contributed by atoms with Gasteiger partial charge < -0.3 is 10.1 Å². The zero-order valence-electron chi connectivity index (χ0n) is 10.4. The van der Waals surface area contributed by atoms with Gasteiger partial charge >= 0.3 is 0 Å². The quantitative estimate of drug-likeness (QED) is 0.833. The summed E-state index contributed by atoms with van der Waals surface area (Å²) >= 11 is 3.56. The van der Waals surface area contributed by atoms with Crippen molar-refractivity contribution < 1.29 is 4.74 Å². The summed E-state index contributed by atoms with van der Waals surface area (Å²) in [6, 6.07) is 8.24. The minimum absolute atomic E-state index is 0.798. The molecule has 1 N–H and O–H groups in total. The number of halogens is 1. The Morgan fingerprint density at radius 1 is 1.33 bits per heavy atom. The summed E-state index contributed by atoms with van der Waals surface area (Å²) < 4.78 is 6.11. The molecule has 3 nitrogen and oxygen atoms in total. The molecule has 2 aromatic rings. The molecule has 0 fully saturated rings. The second-order valence-electron chi connectivity index (χ2n) is 4.13. The molecule has 1 aromatic carbocycles. The number of nitrogens with one attached hydrogen (secondary N) is 1. The molecule has 4 heteroatoms. The number of hydrogen-bond acceptors (Lipinski definition) is 3. The van der Waals surface area contributed by atoms with Crippen LogP contribution in [0.3, 0.4) is 0 Å². The van der Waals surface area contributed by atoms with E-state index in [-0.39, 0.29) is 0 Å². The van der Waals surface area contributed by atoms with E-state index in [0.29, 0.717) is 0 Å². The molecule has 0 unspecified atom stereocenters. The van der Waals surface area contributed by atoms with Gasteiger partial charge in [0.15, 0.2) is 0 Å². The first kappa shape index (κ1) is 13.5. The molecule has 2 rings (SSSR count). The molecule has 0 saturated carbocycles. The number of hydrogen-bond donors (Lipinski definition) is 1. The van der Waals surface area contributed by atoms with Gasteiger partial charge in [-0.15, -0.1) is 0 Å². The molecule has 0 aliphatic rings. The van der Waals surface area contributed by atoms with Crippen LogP contribution in [0.1, 0.15) is 12.0 Å². The summed E-state index contributed by atoms with van der Waals surface area (Å²) in [6.07, 6.45) is 2.86. The fourth-order valence-electron chi connectivity index (χ4n) is 1.90. The highest BCUT2D eigenvalue weighted by Crippen LogP contribution is 2.24. The van der Waals surface area contributed by atoms with E-state index in [1.54, 1.807) is 7.11 Å². The Morgan fingerprint density at radius 2 is 2.22 bits per heavy atom. The van der Waals surface area contributed by atoms with Crippen molar-refractivity contribution >= 4 is 26.8 Å². The number of fused-ring (bicyclic) bond motifs is 1. The van der Waals surface area contributed by atoms with Crippen LogP contribution in [0.2, 0.25) is 0 Å². The Morgan fingerprint density at radius 3 is 3.06 bits per heavy atom. The molecule has 0 amide bonds. The van der Waals surface area contributed by atoms with Crippen molar-refractivity contribution in [3.05, 3.63) is 40.5 Å². The molecule has 0 bridgehead atoms. The lowest BCUT2D eigenvalue weighted by molar-refractivity contribution is 0.194. The minimum atomic E-state index is 0.798. The Bertz CT molecular complexity index is 516. The Kier molecular flexibility index (Phi) is 5.11. The summed E-state index contributed by atoms with van der Waals surface area (Å²) in [4.78, 5) is 4.46. The molecule has 0 atom stereocenters. The average Bonchev–Trinajstić information content (AvgIpc) is 2.41. The standard InChI is InChI=1S/C14H17BrN2O/c1-18-9-3-7-16-10-11-5-6-13(15)12-4-2-8-17-14(11)12/h2,4-6,8,16H,3,7,9-10H2,1H3. The van der Waals surface area contributed by atoms with Crippen molar-refractivity contribution in [1.82, 2.24) is 10.3 Å². The third kappa shape index (κ3) is 3.28. The predicted octanol–water partition coefficient (Wildman–Crippen LogP) is 3.12. The summed E-state index contributed by atoms with van der Waals surface area (Å²) in [5.41, 5.74) is 2.29. The van der Waals surface area contributed by atoms with Crippen molar-refractivity contribution in [1.29, 1.82) is 0 Å². The SMILES string of the molecule is COCCCNCc1ccc(Br)c2cccnc12. The van der Waals surface area contributed by atoms with Gasteiger partial charge in [-0.2, -0.15) is 0 Å². The maximum absolute atomic E-state index is 5.02. The van der Waals surface area contributed by atoms with E-state index in [1.165, 1.54) is 5.56 Å². The molecular formula is C14H17BrN2O. The van der Waals surface area contributed by atoms with Gasteiger partial charge in [-0.25, -0.2) is 0 Å². The molecule has 18 heavy (non-hydrogen) atoms. The van der Waals surface area contributed by atoms with Crippen molar-refractivity contribution in [3.63, 3.8) is 0 Å². The van der Waals surface area contributed by atoms with Crippen LogP contribution in [-0.4, -0.2) is 25.2 Å². The first-order valence-electron chi connectivity index (χ1n) is 6.04. The molecule has 96 valence electrons. The fraction of sp³-hybridized carbons (Fsp3) is 0.357. The molecule has 1 aromatic heterocycles. The maximum Gasteiger partial charge on any atom is 0.0758 e. The number of ether oxygens (including phenoxy) is 1. The minimum Gasteiger partial charge on any atom is -0.385 e. The van der Waals surface area contributed by atoms with Crippen LogP contribution in [0, 0.1) is 0 Å². The first-order valence-corrected chi connectivity index (χ1v) is 6.84. The van der Waals surface area contributed by atoms with E-state index in [2.05, 4.69) is 44.4 Å². The van der Waals surface area contributed by atoms with E-state index >= 15 is 0 Å². The third-order valence-electron chi connectivity index (χ3n) is 2.82. The summed E-state index contributed by atoms with van der Waals surface area (Å²) in [5.74, 6) is 0. The van der Waals surface area contributed by atoms with Crippen LogP contribution in [0.15, 0.2) is 34.9 Å². The van der Waals surface area contributed by atoms with Crippen molar-refractivity contribution in [2.45, 2.75) is 13.0 Å². The average molecular weight is 309 g/mol. The van der Waals surface area contributed by atoms with Crippen LogP contribution < -0.4 is 5.32 Å². The number of aromatic nitrogens is 1. The Labute approximate surface area is 116 Å². The summed E-state index contributed by atoms with van der Waals surface area (Å²) in [7, 11) is 1.73. The van der Waals surface area contributed by atoms with Gasteiger partial charge in [0.25, 0.3) is 0 Å². The number of rotatable bonds is 6. The Balaban J connectivity index is 2.07. The summed E-state index contributed by atoms with van der Waals surface area (Å²) in [6.45, 7) is 2.59. The van der Waals surface area contributed by atoms with Crippen LogP contribution >= 0.6 is 15.9 Å². The smallest absolute Gasteiger partial charge is 0.0758 e. The van der Waals surface area contributed by atoms with Gasteiger partial charge in [0, 0.05) is 36.3 Å². The topological polar surface area (TPSA) is 34.1 Å². The highest BCUT2D eigenvalue weighted by molar-refractivity contribution is 9.10. The molecule has 1 heterocycles. The second kappa shape index (κ2) is 6.83. The van der Waals surface area contributed by atoms with Gasteiger partial charge in [-0.3, -0.25) is 4.98 Å². The lowest BCUT2D eigenvalue weighted by Crippen LogP contribution is -2.16. The highest BCUT2D eigenvalue weighted by atomic mass is 79.9. The molecule has 0 aliphatic carbocycles. The number of pyridine rings is 1. The molecule has 0 saturated heterocycles. The fourth-order valence-corrected chi connectivity index (χ4v) is 2.36. The van der Waals surface area contributed by atoms with Crippen LogP contribution in [0.4, 0.5) is 0 Å². The van der Waals surface area contributed by atoms with Crippen molar-refractivity contribution in [2.75, 3.05) is 20.3 Å². The zero-order valence-corrected chi connectivity index (χ0v) is 12.0. The van der Waals surface area contributed by atoms with Crippen LogP contribution in [0.25, 0.3) is 10.9 Å². The van der Waals surface area contributed by atoms with Gasteiger partial charge in [-0.1, -0.05) is 28.1 Å². The van der Waals surface area contributed by atoms with E-state index in [9.17, 15) is 0 Å². The lowest BCUT2D eigenvalue weighted by Gasteiger charge is -2.08. The van der Waals surface area contributed by atoms with Gasteiger partial charge in [0.1, 0.15) is 0 Å². The van der Waals surface area contributed by atoms with Gasteiger partial charge in [0.05, 0.1) is 5.52 Å². The first-order chi connectivity index (χ1) is 8.83. The molecule has 0 radical (unpaired) electrons. The van der Waals surface area contributed by atoms with Crippen LogP contribution in [-0.2, 0) is 11.3 Å². The van der Waals surface area contributed by atoms with E-state index < -0.39 is 0 Å². The monoisotopic (exact) mass is 308 g/mol. The van der Waals surface area contributed by atoms with Gasteiger partial charge in [0.2, 0.25) is 0 Å². The normalized spacial score (nSPS) is 11.0.